The number of nitrogens with zero attached hydrogens (tertiary/aromatic N) is 1. The Bertz CT molecular complexity index is 1310. The van der Waals surface area contributed by atoms with Gasteiger partial charge in [-0.1, -0.05) is 48.9 Å². The van der Waals surface area contributed by atoms with Gasteiger partial charge < -0.3 is 9.73 Å². The summed E-state index contributed by atoms with van der Waals surface area (Å²) >= 11 is 11.1. The molecule has 4 rings (SSSR count). The Hall–Kier alpha value is -3.48. The van der Waals surface area contributed by atoms with E-state index in [0.717, 1.165) is 34.3 Å². The molecular formula is C26H22ClN3O2S. The second-order valence-corrected chi connectivity index (χ2v) is 8.31. The molecule has 0 fully saturated rings. The molecule has 4 aromatic rings. The number of anilines is 1. The molecule has 1 amide bonds. The van der Waals surface area contributed by atoms with E-state index in [-0.39, 0.29) is 11.0 Å². The first-order chi connectivity index (χ1) is 16.0. The van der Waals surface area contributed by atoms with Crippen LogP contribution in [0.2, 0.25) is 5.02 Å². The van der Waals surface area contributed by atoms with Crippen LogP contribution in [0.5, 0.6) is 0 Å². The molecule has 0 aliphatic carbocycles. The number of aryl methyl sites for hydroxylation is 1. The number of hydrogen-bond acceptors (Lipinski definition) is 4. The smallest absolute Gasteiger partial charge is 0.250 e. The van der Waals surface area contributed by atoms with E-state index in [4.69, 9.17) is 28.2 Å². The minimum atomic E-state index is -0.318. The molecule has 0 bridgehead atoms. The minimum absolute atomic E-state index is 0.221. The second kappa shape index (κ2) is 10.4. The summed E-state index contributed by atoms with van der Waals surface area (Å²) < 4.78 is 5.86. The standard InChI is InChI=1S/C26H22ClN3O2S/c1-2-17-7-13-23-22(15-17)29-25(32-23)16-19-5-11-21(12-6-19)28-26(33)30-24(31)14-8-18-3-9-20(27)10-4-18/h3-15H,2,16H2,1H3,(H2,28,30,31,33)/b14-8+. The fraction of sp³-hybridized carbons (Fsp3) is 0.115. The van der Waals surface area contributed by atoms with E-state index in [1.807, 2.05) is 42.5 Å². The number of fused-ring (bicyclic) bond motifs is 1. The fourth-order valence-electron chi connectivity index (χ4n) is 3.26. The lowest BCUT2D eigenvalue weighted by atomic mass is 10.1. The average Bonchev–Trinajstić information content (AvgIpc) is 3.21. The molecular weight excluding hydrogens is 454 g/mol. The van der Waals surface area contributed by atoms with Crippen molar-refractivity contribution in [1.82, 2.24) is 10.3 Å². The number of halogens is 1. The Morgan fingerprint density at radius 1 is 1.06 bits per heavy atom. The summed E-state index contributed by atoms with van der Waals surface area (Å²) in [5.41, 5.74) is 5.62. The lowest BCUT2D eigenvalue weighted by molar-refractivity contribution is -0.115. The maximum Gasteiger partial charge on any atom is 0.250 e. The Morgan fingerprint density at radius 3 is 2.52 bits per heavy atom. The molecule has 0 atom stereocenters. The first kappa shape index (κ1) is 22.7. The summed E-state index contributed by atoms with van der Waals surface area (Å²) in [5.74, 6) is 0.357. The van der Waals surface area contributed by atoms with E-state index in [1.54, 1.807) is 18.2 Å². The normalized spacial score (nSPS) is 11.1. The summed E-state index contributed by atoms with van der Waals surface area (Å²) in [6, 6.07) is 21.0. The first-order valence-corrected chi connectivity index (χ1v) is 11.3. The van der Waals surface area contributed by atoms with Crippen molar-refractivity contribution in [1.29, 1.82) is 0 Å². The highest BCUT2D eigenvalue weighted by Crippen LogP contribution is 2.20. The molecule has 0 radical (unpaired) electrons. The molecule has 33 heavy (non-hydrogen) atoms. The van der Waals surface area contributed by atoms with Crippen LogP contribution in [0, 0.1) is 0 Å². The number of carbonyl (C=O) groups is 1. The van der Waals surface area contributed by atoms with Crippen molar-refractivity contribution in [2.45, 2.75) is 19.8 Å². The number of rotatable bonds is 6. The van der Waals surface area contributed by atoms with Gasteiger partial charge in [0.25, 0.3) is 0 Å². The van der Waals surface area contributed by atoms with Gasteiger partial charge in [0.05, 0.1) is 0 Å². The first-order valence-electron chi connectivity index (χ1n) is 10.5. The van der Waals surface area contributed by atoms with Crippen molar-refractivity contribution in [3.05, 3.63) is 100 Å². The van der Waals surface area contributed by atoms with Crippen molar-refractivity contribution >= 4 is 57.7 Å². The van der Waals surface area contributed by atoms with Crippen LogP contribution in [0.3, 0.4) is 0 Å². The molecule has 3 aromatic carbocycles. The van der Waals surface area contributed by atoms with Gasteiger partial charge in [0, 0.05) is 23.2 Å². The molecule has 0 spiro atoms. The molecule has 0 saturated carbocycles. The van der Waals surface area contributed by atoms with Gasteiger partial charge in [0.2, 0.25) is 5.91 Å². The third-order valence-corrected chi connectivity index (χ3v) is 5.46. The van der Waals surface area contributed by atoms with Gasteiger partial charge >= 0.3 is 0 Å². The topological polar surface area (TPSA) is 67.2 Å². The zero-order chi connectivity index (χ0) is 23.2. The largest absolute Gasteiger partial charge is 0.440 e. The average molecular weight is 476 g/mol. The molecule has 0 aliphatic rings. The highest BCUT2D eigenvalue weighted by molar-refractivity contribution is 7.80. The summed E-state index contributed by atoms with van der Waals surface area (Å²) in [7, 11) is 0. The van der Waals surface area contributed by atoms with E-state index < -0.39 is 0 Å². The number of nitrogens with one attached hydrogen (secondary N) is 2. The number of aromatic nitrogens is 1. The monoisotopic (exact) mass is 475 g/mol. The third-order valence-electron chi connectivity index (χ3n) is 5.01. The van der Waals surface area contributed by atoms with Crippen LogP contribution in [0.25, 0.3) is 17.2 Å². The third kappa shape index (κ3) is 6.28. The summed E-state index contributed by atoms with van der Waals surface area (Å²) in [6.45, 7) is 2.12. The summed E-state index contributed by atoms with van der Waals surface area (Å²) in [6.07, 6.45) is 4.67. The van der Waals surface area contributed by atoms with Crippen molar-refractivity contribution < 1.29 is 9.21 Å². The number of oxazole rings is 1. The Labute approximate surface area is 202 Å². The molecule has 166 valence electrons. The van der Waals surface area contributed by atoms with Crippen molar-refractivity contribution in [2.24, 2.45) is 0 Å². The predicted octanol–water partition coefficient (Wildman–Crippen LogP) is 6.16. The lowest BCUT2D eigenvalue weighted by Crippen LogP contribution is -2.32. The molecule has 0 unspecified atom stereocenters. The number of carbonyl (C=O) groups excluding carboxylic acids is 1. The van der Waals surface area contributed by atoms with Gasteiger partial charge in [-0.2, -0.15) is 0 Å². The number of benzene rings is 3. The van der Waals surface area contributed by atoms with Gasteiger partial charge in [-0.25, -0.2) is 4.98 Å². The Morgan fingerprint density at radius 2 is 1.79 bits per heavy atom. The van der Waals surface area contributed by atoms with Crippen LogP contribution in [0.1, 0.15) is 29.5 Å². The van der Waals surface area contributed by atoms with Gasteiger partial charge in [-0.05, 0) is 77.8 Å². The molecule has 0 aliphatic heterocycles. The Balaban J connectivity index is 1.31. The van der Waals surface area contributed by atoms with Gasteiger partial charge in [0.15, 0.2) is 16.6 Å². The highest BCUT2D eigenvalue weighted by atomic mass is 35.5. The molecule has 1 aromatic heterocycles. The van der Waals surface area contributed by atoms with Crippen LogP contribution in [-0.4, -0.2) is 16.0 Å². The van der Waals surface area contributed by atoms with Gasteiger partial charge in [-0.15, -0.1) is 0 Å². The van der Waals surface area contributed by atoms with Crippen LogP contribution < -0.4 is 10.6 Å². The van der Waals surface area contributed by atoms with Gasteiger partial charge in [0.1, 0.15) is 5.52 Å². The SMILES string of the molecule is CCc1ccc2oc(Cc3ccc(NC(=S)NC(=O)/C=C/c4ccc(Cl)cc4)cc3)nc2c1. The maximum atomic E-state index is 12.1. The molecule has 0 saturated heterocycles. The quantitative estimate of drug-likeness (QED) is 0.258. The fourth-order valence-corrected chi connectivity index (χ4v) is 3.60. The summed E-state index contributed by atoms with van der Waals surface area (Å²) in [4.78, 5) is 16.7. The van der Waals surface area contributed by atoms with E-state index in [9.17, 15) is 4.79 Å². The molecule has 2 N–H and O–H groups in total. The summed E-state index contributed by atoms with van der Waals surface area (Å²) in [5, 5.41) is 6.51. The predicted molar refractivity (Wildman–Crippen MR) is 137 cm³/mol. The van der Waals surface area contributed by atoms with Gasteiger partial charge in [-0.3, -0.25) is 10.1 Å². The zero-order valence-corrected chi connectivity index (χ0v) is 19.5. The Kier molecular flexibility index (Phi) is 7.17. The van der Waals surface area contributed by atoms with Crippen LogP contribution in [0.15, 0.2) is 77.2 Å². The van der Waals surface area contributed by atoms with Crippen molar-refractivity contribution in [3.63, 3.8) is 0 Å². The molecule has 5 nitrogen and oxygen atoms in total. The van der Waals surface area contributed by atoms with Crippen LogP contribution in [-0.2, 0) is 17.6 Å². The van der Waals surface area contributed by atoms with E-state index in [2.05, 4.69) is 34.7 Å². The van der Waals surface area contributed by atoms with Crippen molar-refractivity contribution in [2.75, 3.05) is 5.32 Å². The maximum absolute atomic E-state index is 12.1. The van der Waals surface area contributed by atoms with Crippen molar-refractivity contribution in [3.8, 4) is 0 Å². The lowest BCUT2D eigenvalue weighted by Gasteiger charge is -2.08. The van der Waals surface area contributed by atoms with E-state index in [1.165, 1.54) is 11.6 Å². The number of hydrogen-bond donors (Lipinski definition) is 2. The van der Waals surface area contributed by atoms with E-state index in [0.29, 0.717) is 17.3 Å². The number of amides is 1. The number of thiocarbonyl (C=S) groups is 1. The molecule has 1 heterocycles. The van der Waals surface area contributed by atoms with Crippen LogP contribution >= 0.6 is 23.8 Å². The minimum Gasteiger partial charge on any atom is -0.440 e. The van der Waals surface area contributed by atoms with Crippen LogP contribution in [0.4, 0.5) is 5.69 Å². The second-order valence-electron chi connectivity index (χ2n) is 7.47. The highest BCUT2D eigenvalue weighted by Gasteiger charge is 2.08. The van der Waals surface area contributed by atoms with E-state index >= 15 is 0 Å². The zero-order valence-electron chi connectivity index (χ0n) is 18.0. The molecule has 7 heteroatoms.